The molecule has 4 aromatic rings. The van der Waals surface area contributed by atoms with Crippen molar-refractivity contribution in [3.05, 3.63) is 82.3 Å². The first-order valence-corrected chi connectivity index (χ1v) is 15.8. The average Bonchev–Trinajstić information content (AvgIpc) is 2.92. The molecule has 0 saturated carbocycles. The van der Waals surface area contributed by atoms with Gasteiger partial charge in [0.15, 0.2) is 5.84 Å². The minimum atomic E-state index is -4.49. The number of nitrogens with one attached hydrogen (secondary N) is 3. The largest absolute Gasteiger partial charge is 0.506 e. The van der Waals surface area contributed by atoms with Gasteiger partial charge in [-0.15, -0.1) is 4.40 Å². The number of carboxylic acids is 1. The highest BCUT2D eigenvalue weighted by Gasteiger charge is 2.31. The lowest BCUT2D eigenvalue weighted by atomic mass is 10.1. The number of hydrogen-bond acceptors (Lipinski definition) is 9. The summed E-state index contributed by atoms with van der Waals surface area (Å²) in [5, 5.41) is 23.2. The van der Waals surface area contributed by atoms with Crippen LogP contribution in [0.5, 0.6) is 5.75 Å². The second-order valence-electron chi connectivity index (χ2n) is 10.1. The maximum atomic E-state index is 13.6. The Morgan fingerprint density at radius 3 is 2.49 bits per heavy atom. The number of aromatic carboxylic acids is 1. The molecular weight excluding hydrogens is 600 g/mol. The van der Waals surface area contributed by atoms with E-state index in [0.29, 0.717) is 6.42 Å². The van der Waals surface area contributed by atoms with Crippen molar-refractivity contribution in [2.75, 3.05) is 14.8 Å². The Morgan fingerprint density at radius 2 is 1.79 bits per heavy atom. The summed E-state index contributed by atoms with van der Waals surface area (Å²) < 4.78 is 61.4. The number of carboxylic acid groups (broad SMARTS) is 1. The lowest BCUT2D eigenvalue weighted by Gasteiger charge is -2.21. The van der Waals surface area contributed by atoms with Crippen LogP contribution in [0.15, 0.2) is 74.9 Å². The maximum absolute atomic E-state index is 13.6. The van der Waals surface area contributed by atoms with Crippen molar-refractivity contribution in [2.24, 2.45) is 10.3 Å². The van der Waals surface area contributed by atoms with Crippen molar-refractivity contribution in [3.63, 3.8) is 0 Å². The van der Waals surface area contributed by atoms with Crippen molar-refractivity contribution in [1.29, 1.82) is 0 Å². The number of amidine groups is 1. The maximum Gasteiger partial charge on any atom is 0.335 e. The van der Waals surface area contributed by atoms with Crippen molar-refractivity contribution >= 4 is 60.1 Å². The molecule has 0 aliphatic carbocycles. The van der Waals surface area contributed by atoms with Gasteiger partial charge in [0.1, 0.15) is 21.9 Å². The van der Waals surface area contributed by atoms with Crippen LogP contribution in [0, 0.1) is 5.92 Å². The molecule has 2 aromatic heterocycles. The first kappa shape index (κ1) is 29.5. The van der Waals surface area contributed by atoms with Crippen LogP contribution in [0.25, 0.3) is 11.0 Å². The van der Waals surface area contributed by atoms with Crippen molar-refractivity contribution in [1.82, 2.24) is 9.55 Å². The lowest BCUT2D eigenvalue weighted by molar-refractivity contribution is 0.0697. The van der Waals surface area contributed by atoms with Gasteiger partial charge in [0, 0.05) is 12.7 Å². The molecule has 14 nitrogen and oxygen atoms in total. The summed E-state index contributed by atoms with van der Waals surface area (Å²) in [6.45, 7) is 4.24. The summed E-state index contributed by atoms with van der Waals surface area (Å²) in [6.07, 6.45) is 2.10. The third kappa shape index (κ3) is 6.00. The Hall–Kier alpha value is -4.96. The highest BCUT2D eigenvalue weighted by Crippen LogP contribution is 2.34. The molecule has 1 aliphatic heterocycles. The number of aryl methyl sites for hydroxylation is 1. The molecule has 5 N–H and O–H groups in total. The third-order valence-corrected chi connectivity index (χ3v) is 8.82. The van der Waals surface area contributed by atoms with Crippen LogP contribution in [-0.2, 0) is 26.8 Å². The molecule has 43 heavy (non-hydrogen) atoms. The number of rotatable bonds is 9. The van der Waals surface area contributed by atoms with Gasteiger partial charge >= 0.3 is 16.2 Å². The van der Waals surface area contributed by atoms with E-state index in [1.54, 1.807) is 12.1 Å². The van der Waals surface area contributed by atoms with Crippen LogP contribution in [-0.4, -0.2) is 48.4 Å². The zero-order valence-corrected chi connectivity index (χ0v) is 24.4. The number of nitrogens with zero attached hydrogens (tertiary/aromatic N) is 3. The quantitative estimate of drug-likeness (QED) is 0.183. The number of anilines is 3. The van der Waals surface area contributed by atoms with E-state index in [-0.39, 0.29) is 56.6 Å². The van der Waals surface area contributed by atoms with Gasteiger partial charge in [0.2, 0.25) is 0 Å². The molecule has 0 atom stereocenters. The van der Waals surface area contributed by atoms with Gasteiger partial charge in [-0.3, -0.25) is 18.8 Å². The molecular formula is C27H26N6O8S2. The molecule has 0 amide bonds. The number of aromatic hydroxyl groups is 1. The summed E-state index contributed by atoms with van der Waals surface area (Å²) in [6, 6.07) is 11.8. The van der Waals surface area contributed by atoms with E-state index in [4.69, 9.17) is 5.11 Å². The molecule has 0 bridgehead atoms. The van der Waals surface area contributed by atoms with Crippen LogP contribution in [0.1, 0.15) is 36.2 Å². The summed E-state index contributed by atoms with van der Waals surface area (Å²) in [5.41, 5.74) is -1.10. The summed E-state index contributed by atoms with van der Waals surface area (Å²) in [5.74, 6) is -1.88. The minimum absolute atomic E-state index is 0.00567. The van der Waals surface area contributed by atoms with E-state index in [1.165, 1.54) is 41.1 Å². The predicted molar refractivity (Wildman–Crippen MR) is 160 cm³/mol. The monoisotopic (exact) mass is 626 g/mol. The summed E-state index contributed by atoms with van der Waals surface area (Å²) in [7, 11) is -8.81. The second kappa shape index (κ2) is 11.0. The first-order chi connectivity index (χ1) is 20.3. The molecule has 0 saturated heterocycles. The Morgan fingerprint density at radius 1 is 1.07 bits per heavy atom. The molecule has 224 valence electrons. The molecule has 3 heterocycles. The van der Waals surface area contributed by atoms with Gasteiger partial charge in [-0.25, -0.2) is 9.78 Å². The molecule has 0 radical (unpaired) electrons. The third-order valence-electron chi connectivity index (χ3n) is 6.50. The van der Waals surface area contributed by atoms with Crippen molar-refractivity contribution in [3.8, 4) is 5.75 Å². The van der Waals surface area contributed by atoms with E-state index in [2.05, 4.69) is 24.1 Å². The molecule has 5 rings (SSSR count). The van der Waals surface area contributed by atoms with Gasteiger partial charge in [-0.2, -0.15) is 16.8 Å². The molecule has 0 fully saturated rings. The number of aromatic nitrogens is 2. The smallest absolute Gasteiger partial charge is 0.335 e. The topological polar surface area (TPSA) is 209 Å². The Kier molecular flexibility index (Phi) is 7.58. The molecule has 0 spiro atoms. The average molecular weight is 627 g/mol. The Labute approximate surface area is 246 Å². The Balaban J connectivity index is 1.49. The van der Waals surface area contributed by atoms with Gasteiger partial charge in [0.25, 0.3) is 15.6 Å². The molecule has 16 heteroatoms. The van der Waals surface area contributed by atoms with Crippen LogP contribution >= 0.6 is 0 Å². The molecule has 2 aromatic carbocycles. The van der Waals surface area contributed by atoms with E-state index in [0.717, 1.165) is 12.1 Å². The van der Waals surface area contributed by atoms with Gasteiger partial charge in [-0.1, -0.05) is 19.9 Å². The fourth-order valence-corrected chi connectivity index (χ4v) is 6.53. The minimum Gasteiger partial charge on any atom is -0.506 e. The highest BCUT2D eigenvalue weighted by molar-refractivity contribution is 7.94. The first-order valence-electron chi connectivity index (χ1n) is 12.9. The second-order valence-corrected chi connectivity index (χ2v) is 13.1. The van der Waals surface area contributed by atoms with Gasteiger partial charge in [-0.05, 0) is 60.9 Å². The zero-order chi connectivity index (χ0) is 31.1. The molecule has 1 aliphatic rings. The SMILES string of the molecule is CC(C)CCn1c(=O)c(C2=NS(=O)(=O)c3cc(NS(=O)(=O)Nc4cccc(C(=O)O)c4)ccc3N2)c(O)c2cccnc21. The van der Waals surface area contributed by atoms with Crippen molar-refractivity contribution in [2.45, 2.75) is 31.7 Å². The molecule has 0 unspecified atom stereocenters. The summed E-state index contributed by atoms with van der Waals surface area (Å²) in [4.78, 5) is 28.6. The van der Waals surface area contributed by atoms with Crippen molar-refractivity contribution < 1.29 is 31.8 Å². The number of sulfonamides is 1. The standard InChI is InChI=1S/C27H26N6O8S2/c1-15(2)10-12-33-25-19(7-4-11-28-25)23(34)22(26(33)35)24-29-20-9-8-18(14-21(20)42(38,39)32-24)31-43(40,41)30-17-6-3-5-16(13-17)27(36)37/h3-9,11,13-15,30-31,34H,10,12H2,1-2H3,(H,29,32)(H,36,37). The van der Waals surface area contributed by atoms with Crippen LogP contribution < -0.4 is 20.3 Å². The summed E-state index contributed by atoms with van der Waals surface area (Å²) >= 11 is 0. The van der Waals surface area contributed by atoms with E-state index < -0.39 is 43.3 Å². The zero-order valence-electron chi connectivity index (χ0n) is 22.8. The van der Waals surface area contributed by atoms with Crippen LogP contribution in [0.4, 0.5) is 17.1 Å². The van der Waals surface area contributed by atoms with Crippen LogP contribution in [0.3, 0.4) is 0 Å². The fraction of sp³-hybridized carbons (Fsp3) is 0.185. The Bertz CT molecular complexity index is 2090. The number of carbonyl (C=O) groups is 1. The van der Waals surface area contributed by atoms with E-state index >= 15 is 0 Å². The highest BCUT2D eigenvalue weighted by atomic mass is 32.2. The van der Waals surface area contributed by atoms with Gasteiger partial charge < -0.3 is 15.5 Å². The van der Waals surface area contributed by atoms with Gasteiger partial charge in [0.05, 0.1) is 28.0 Å². The normalized spacial score (nSPS) is 14.1. The van der Waals surface area contributed by atoms with E-state index in [1.807, 2.05) is 13.8 Å². The number of fused-ring (bicyclic) bond motifs is 2. The predicted octanol–water partition coefficient (Wildman–Crippen LogP) is 3.18. The lowest BCUT2D eigenvalue weighted by Crippen LogP contribution is -2.33. The number of pyridine rings is 2. The fourth-order valence-electron chi connectivity index (χ4n) is 4.45. The van der Waals surface area contributed by atoms with E-state index in [9.17, 15) is 31.5 Å². The number of benzene rings is 2. The van der Waals surface area contributed by atoms with Crippen LogP contribution in [0.2, 0.25) is 0 Å². The number of hydrogen-bond donors (Lipinski definition) is 5.